The number of hydrogen-bond donors (Lipinski definition) is 0. The first-order valence-corrected chi connectivity index (χ1v) is 13.1. The van der Waals surface area contributed by atoms with Gasteiger partial charge in [0.05, 0.1) is 0 Å². The maximum Gasteiger partial charge on any atom is 0.0468 e. The quantitative estimate of drug-likeness (QED) is 0.246. The number of thiophene rings is 1. The average molecular weight is 476 g/mol. The van der Waals surface area contributed by atoms with Crippen molar-refractivity contribution in [3.05, 3.63) is 127 Å². The van der Waals surface area contributed by atoms with Crippen LogP contribution in [0.4, 0.5) is 17.1 Å². The van der Waals surface area contributed by atoms with Crippen molar-refractivity contribution in [1.82, 2.24) is 0 Å². The molecule has 0 bridgehead atoms. The van der Waals surface area contributed by atoms with Crippen molar-refractivity contribution in [2.45, 2.75) is 0 Å². The second kappa shape index (κ2) is 7.55. The fraction of sp³-hybridized carbons (Fsp3) is 0. The summed E-state index contributed by atoms with van der Waals surface area (Å²) < 4.78 is 2.71. The largest absolute Gasteiger partial charge is 0.310 e. The van der Waals surface area contributed by atoms with Crippen molar-refractivity contribution in [2.24, 2.45) is 0 Å². The van der Waals surface area contributed by atoms with Gasteiger partial charge in [0.25, 0.3) is 0 Å². The molecule has 6 aromatic carbocycles. The van der Waals surface area contributed by atoms with E-state index in [9.17, 15) is 0 Å². The van der Waals surface area contributed by atoms with Gasteiger partial charge in [-0.3, -0.25) is 0 Å². The Labute approximate surface area is 213 Å². The molecule has 0 saturated carbocycles. The summed E-state index contributed by atoms with van der Waals surface area (Å²) in [5.41, 5.74) is 8.69. The molecule has 0 saturated heterocycles. The van der Waals surface area contributed by atoms with Crippen molar-refractivity contribution < 1.29 is 0 Å². The van der Waals surface area contributed by atoms with E-state index in [0.29, 0.717) is 0 Å². The van der Waals surface area contributed by atoms with Crippen molar-refractivity contribution in [3.8, 4) is 22.3 Å². The molecule has 0 unspecified atom stereocenters. The van der Waals surface area contributed by atoms with Gasteiger partial charge in [-0.25, -0.2) is 0 Å². The number of rotatable bonds is 3. The summed E-state index contributed by atoms with van der Waals surface area (Å²) in [5, 5.41) is 5.47. The Morgan fingerprint density at radius 2 is 1.06 bits per heavy atom. The van der Waals surface area contributed by atoms with E-state index in [1.54, 1.807) is 0 Å². The minimum absolute atomic E-state index is 1.15. The molecule has 8 rings (SSSR count). The van der Waals surface area contributed by atoms with E-state index in [1.807, 2.05) is 11.3 Å². The summed E-state index contributed by atoms with van der Waals surface area (Å²) in [6.07, 6.45) is 0. The average Bonchev–Trinajstić information content (AvgIpc) is 3.27. The predicted octanol–water partition coefficient (Wildman–Crippen LogP) is 10.3. The molecule has 0 N–H and O–H groups in total. The van der Waals surface area contributed by atoms with E-state index in [1.165, 1.54) is 53.2 Å². The fourth-order valence-electron chi connectivity index (χ4n) is 5.87. The van der Waals surface area contributed by atoms with Gasteiger partial charge in [-0.1, -0.05) is 78.9 Å². The van der Waals surface area contributed by atoms with Crippen molar-refractivity contribution >= 4 is 59.3 Å². The van der Waals surface area contributed by atoms with Crippen molar-refractivity contribution in [3.63, 3.8) is 0 Å². The summed E-state index contributed by atoms with van der Waals surface area (Å²) in [5.74, 6) is 0. The van der Waals surface area contributed by atoms with Crippen LogP contribution in [0.2, 0.25) is 0 Å². The lowest BCUT2D eigenvalue weighted by Crippen LogP contribution is -2.09. The molecule has 0 aliphatic heterocycles. The van der Waals surface area contributed by atoms with Crippen LogP contribution < -0.4 is 4.90 Å². The van der Waals surface area contributed by atoms with Crippen LogP contribution in [-0.4, -0.2) is 0 Å². The molecule has 7 aromatic rings. The molecule has 0 amide bonds. The standard InChI is InChI=1S/C34H21NS/c1-3-10-23(11-4-1)35(24-12-5-2-6-13-24)25-18-19-26-27-14-7-9-22-17-20-31-34(32(22)27)33-28(29(26)21-25)15-8-16-30(33)36-31/h1-21H. The molecular formula is C34H21NS. The van der Waals surface area contributed by atoms with E-state index >= 15 is 0 Å². The molecule has 36 heavy (non-hydrogen) atoms. The van der Waals surface area contributed by atoms with Gasteiger partial charge in [0.2, 0.25) is 0 Å². The zero-order valence-electron chi connectivity index (χ0n) is 19.5. The van der Waals surface area contributed by atoms with E-state index in [-0.39, 0.29) is 0 Å². The van der Waals surface area contributed by atoms with Gasteiger partial charge in [0, 0.05) is 37.2 Å². The summed E-state index contributed by atoms with van der Waals surface area (Å²) in [4.78, 5) is 2.35. The highest BCUT2D eigenvalue weighted by Gasteiger charge is 2.23. The van der Waals surface area contributed by atoms with Gasteiger partial charge in [-0.15, -0.1) is 11.3 Å². The maximum atomic E-state index is 2.39. The Hall–Kier alpha value is -4.40. The Kier molecular flexibility index (Phi) is 4.16. The topological polar surface area (TPSA) is 3.24 Å². The Morgan fingerprint density at radius 3 is 1.81 bits per heavy atom. The zero-order chi connectivity index (χ0) is 23.6. The molecule has 1 nitrogen and oxygen atoms in total. The van der Waals surface area contributed by atoms with Crippen LogP contribution in [-0.2, 0) is 0 Å². The molecule has 1 aromatic heterocycles. The zero-order valence-corrected chi connectivity index (χ0v) is 20.3. The SMILES string of the molecule is c1ccc(N(c2ccccc2)c2ccc3c(c2)-c2cccc4sc5ccc6cccc-3c6c5c24)cc1. The predicted molar refractivity (Wildman–Crippen MR) is 156 cm³/mol. The van der Waals surface area contributed by atoms with E-state index in [2.05, 4.69) is 132 Å². The number of benzene rings is 6. The first kappa shape index (κ1) is 19.9. The Balaban J connectivity index is 1.48. The summed E-state index contributed by atoms with van der Waals surface area (Å²) in [6.45, 7) is 0. The van der Waals surface area contributed by atoms with Gasteiger partial charge in [0.15, 0.2) is 0 Å². The molecular weight excluding hydrogens is 454 g/mol. The highest BCUT2D eigenvalue weighted by Crippen LogP contribution is 2.51. The molecule has 0 spiro atoms. The van der Waals surface area contributed by atoms with Gasteiger partial charge in [-0.2, -0.15) is 0 Å². The maximum absolute atomic E-state index is 2.39. The first-order valence-electron chi connectivity index (χ1n) is 12.3. The molecule has 1 aliphatic rings. The van der Waals surface area contributed by atoms with E-state index in [0.717, 1.165) is 17.1 Å². The lowest BCUT2D eigenvalue weighted by atomic mass is 9.93. The molecule has 0 atom stereocenters. The minimum atomic E-state index is 1.15. The van der Waals surface area contributed by atoms with Gasteiger partial charge < -0.3 is 4.90 Å². The minimum Gasteiger partial charge on any atom is -0.310 e. The first-order chi connectivity index (χ1) is 17.9. The monoisotopic (exact) mass is 475 g/mol. The normalized spacial score (nSPS) is 11.9. The van der Waals surface area contributed by atoms with E-state index < -0.39 is 0 Å². The summed E-state index contributed by atoms with van der Waals surface area (Å²) >= 11 is 1.90. The van der Waals surface area contributed by atoms with Crippen LogP contribution in [0.3, 0.4) is 0 Å². The number of anilines is 3. The third-order valence-electron chi connectivity index (χ3n) is 7.37. The smallest absolute Gasteiger partial charge is 0.0468 e. The van der Waals surface area contributed by atoms with Crippen LogP contribution in [0.5, 0.6) is 0 Å². The second-order valence-electron chi connectivity index (χ2n) is 9.36. The third kappa shape index (κ3) is 2.76. The highest BCUT2D eigenvalue weighted by molar-refractivity contribution is 7.26. The van der Waals surface area contributed by atoms with Gasteiger partial charge >= 0.3 is 0 Å². The summed E-state index contributed by atoms with van der Waals surface area (Å²) in [6, 6.07) is 46.4. The highest BCUT2D eigenvalue weighted by atomic mass is 32.1. The van der Waals surface area contributed by atoms with Gasteiger partial charge in [-0.05, 0) is 81.6 Å². The number of nitrogens with zero attached hydrogens (tertiary/aromatic N) is 1. The Morgan fingerprint density at radius 1 is 0.389 bits per heavy atom. The van der Waals surface area contributed by atoms with Crippen LogP contribution in [0, 0.1) is 0 Å². The second-order valence-corrected chi connectivity index (χ2v) is 10.4. The van der Waals surface area contributed by atoms with Crippen LogP contribution in [0.15, 0.2) is 127 Å². The number of hydrogen-bond acceptors (Lipinski definition) is 2. The van der Waals surface area contributed by atoms with Crippen LogP contribution in [0.1, 0.15) is 0 Å². The van der Waals surface area contributed by atoms with Crippen LogP contribution in [0.25, 0.3) is 53.2 Å². The van der Waals surface area contributed by atoms with Gasteiger partial charge in [0.1, 0.15) is 0 Å². The number of para-hydroxylation sites is 2. The van der Waals surface area contributed by atoms with Crippen molar-refractivity contribution in [1.29, 1.82) is 0 Å². The molecule has 168 valence electrons. The Bertz CT molecular complexity index is 1890. The van der Waals surface area contributed by atoms with E-state index in [4.69, 9.17) is 0 Å². The molecule has 0 radical (unpaired) electrons. The molecule has 1 heterocycles. The lowest BCUT2D eigenvalue weighted by Gasteiger charge is -2.26. The molecule has 0 fully saturated rings. The lowest BCUT2D eigenvalue weighted by molar-refractivity contribution is 1.28. The number of fused-ring (bicyclic) bond motifs is 3. The molecule has 1 aliphatic carbocycles. The van der Waals surface area contributed by atoms with Crippen LogP contribution >= 0.6 is 11.3 Å². The fourth-order valence-corrected chi connectivity index (χ4v) is 7.00. The summed E-state index contributed by atoms with van der Waals surface area (Å²) in [7, 11) is 0. The molecule has 2 heteroatoms. The van der Waals surface area contributed by atoms with Crippen molar-refractivity contribution in [2.75, 3.05) is 4.90 Å². The third-order valence-corrected chi connectivity index (χ3v) is 8.49.